The first kappa shape index (κ1) is 21.7. The molecule has 0 radical (unpaired) electrons. The zero-order chi connectivity index (χ0) is 22.5. The van der Waals surface area contributed by atoms with Crippen LogP contribution in [0.2, 0.25) is 0 Å². The quantitative estimate of drug-likeness (QED) is 0.554. The summed E-state index contributed by atoms with van der Waals surface area (Å²) in [5, 5.41) is 3.64. The largest absolute Gasteiger partial charge is 0.497 e. The van der Waals surface area contributed by atoms with Gasteiger partial charge in [-0.3, -0.25) is 9.69 Å². The van der Waals surface area contributed by atoms with Crippen molar-refractivity contribution in [2.24, 2.45) is 0 Å². The number of para-hydroxylation sites is 1. The second kappa shape index (κ2) is 9.74. The fraction of sp³-hybridized carbons (Fsp3) is 0.333. The van der Waals surface area contributed by atoms with Crippen molar-refractivity contribution in [1.29, 1.82) is 0 Å². The van der Waals surface area contributed by atoms with E-state index in [9.17, 15) is 9.59 Å². The molecular formula is C24H28N4O4. The first-order valence-electron chi connectivity index (χ1n) is 10.7. The molecule has 8 nitrogen and oxygen atoms in total. The van der Waals surface area contributed by atoms with Crippen LogP contribution in [0.25, 0.3) is 10.9 Å². The Labute approximate surface area is 187 Å². The SMILES string of the molecule is COC(=O)c1[nH]c2cc(OC)ccc2c1NC(=O)CCN1CCN(c2ccccc2)CC1. The summed E-state index contributed by atoms with van der Waals surface area (Å²) >= 11 is 0. The van der Waals surface area contributed by atoms with Crippen LogP contribution >= 0.6 is 0 Å². The van der Waals surface area contributed by atoms with E-state index in [-0.39, 0.29) is 11.6 Å². The lowest BCUT2D eigenvalue weighted by Gasteiger charge is -2.36. The molecule has 2 heterocycles. The number of anilines is 2. The van der Waals surface area contributed by atoms with Crippen molar-refractivity contribution in [2.75, 3.05) is 57.2 Å². The average molecular weight is 437 g/mol. The summed E-state index contributed by atoms with van der Waals surface area (Å²) in [6, 6.07) is 15.8. The standard InChI is InChI=1S/C24H28N4O4/c1-31-18-8-9-19-20(16-18)25-23(24(30)32-2)22(19)26-21(29)10-11-27-12-14-28(15-13-27)17-6-4-3-5-7-17/h3-9,16,25H,10-15H2,1-2H3,(H,26,29). The molecule has 0 bridgehead atoms. The molecular weight excluding hydrogens is 408 g/mol. The predicted octanol–water partition coefficient (Wildman–Crippen LogP) is 3.11. The highest BCUT2D eigenvalue weighted by Crippen LogP contribution is 2.31. The molecule has 3 aromatic rings. The molecule has 2 N–H and O–H groups in total. The number of hydrogen-bond donors (Lipinski definition) is 2. The highest BCUT2D eigenvalue weighted by molar-refractivity contribution is 6.11. The van der Waals surface area contributed by atoms with Crippen LogP contribution in [-0.2, 0) is 9.53 Å². The van der Waals surface area contributed by atoms with Crippen molar-refractivity contribution >= 4 is 34.2 Å². The number of nitrogens with one attached hydrogen (secondary N) is 2. The molecule has 32 heavy (non-hydrogen) atoms. The third kappa shape index (κ3) is 4.70. The van der Waals surface area contributed by atoms with Crippen molar-refractivity contribution in [3.63, 3.8) is 0 Å². The number of carbonyl (C=O) groups is 2. The van der Waals surface area contributed by atoms with Gasteiger partial charge in [0.2, 0.25) is 5.91 Å². The van der Waals surface area contributed by atoms with E-state index >= 15 is 0 Å². The number of esters is 1. The molecule has 8 heteroatoms. The Morgan fingerprint density at radius 1 is 1.03 bits per heavy atom. The van der Waals surface area contributed by atoms with Crippen LogP contribution in [0.15, 0.2) is 48.5 Å². The topological polar surface area (TPSA) is 86.9 Å². The van der Waals surface area contributed by atoms with Gasteiger partial charge in [0.05, 0.1) is 25.4 Å². The molecule has 0 spiro atoms. The first-order valence-corrected chi connectivity index (χ1v) is 10.7. The molecule has 1 amide bonds. The maximum atomic E-state index is 12.7. The number of piperazine rings is 1. The molecule has 4 rings (SSSR count). The number of rotatable bonds is 7. The van der Waals surface area contributed by atoms with E-state index in [0.717, 1.165) is 31.6 Å². The van der Waals surface area contributed by atoms with E-state index in [1.165, 1.54) is 12.8 Å². The van der Waals surface area contributed by atoms with Crippen LogP contribution in [-0.4, -0.2) is 68.7 Å². The number of H-pyrrole nitrogens is 1. The van der Waals surface area contributed by atoms with Gasteiger partial charge in [0.25, 0.3) is 0 Å². The Kier molecular flexibility index (Phi) is 6.61. The third-order valence-corrected chi connectivity index (χ3v) is 5.81. The summed E-state index contributed by atoms with van der Waals surface area (Å²) in [5.74, 6) is -0.0208. The maximum absolute atomic E-state index is 12.7. The smallest absolute Gasteiger partial charge is 0.356 e. The number of aromatic amines is 1. The minimum absolute atomic E-state index is 0.141. The highest BCUT2D eigenvalue weighted by atomic mass is 16.5. The molecule has 1 saturated heterocycles. The van der Waals surface area contributed by atoms with Crippen molar-refractivity contribution in [1.82, 2.24) is 9.88 Å². The van der Waals surface area contributed by atoms with Gasteiger partial charge < -0.3 is 24.7 Å². The second-order valence-electron chi connectivity index (χ2n) is 7.74. The van der Waals surface area contributed by atoms with Crippen molar-refractivity contribution in [3.8, 4) is 5.75 Å². The zero-order valence-corrected chi connectivity index (χ0v) is 18.4. The van der Waals surface area contributed by atoms with E-state index in [1.807, 2.05) is 12.1 Å². The van der Waals surface area contributed by atoms with Crippen LogP contribution in [0.3, 0.4) is 0 Å². The zero-order valence-electron chi connectivity index (χ0n) is 18.4. The van der Waals surface area contributed by atoms with Crippen molar-refractivity contribution < 1.29 is 19.1 Å². The lowest BCUT2D eigenvalue weighted by Crippen LogP contribution is -2.47. The second-order valence-corrected chi connectivity index (χ2v) is 7.74. The first-order chi connectivity index (χ1) is 15.6. The number of amides is 1. The number of fused-ring (bicyclic) bond motifs is 1. The monoisotopic (exact) mass is 436 g/mol. The van der Waals surface area contributed by atoms with Gasteiger partial charge in [-0.25, -0.2) is 4.79 Å². The highest BCUT2D eigenvalue weighted by Gasteiger charge is 2.22. The fourth-order valence-electron chi connectivity index (χ4n) is 4.02. The fourth-order valence-corrected chi connectivity index (χ4v) is 4.02. The Morgan fingerprint density at radius 3 is 2.47 bits per heavy atom. The van der Waals surface area contributed by atoms with Gasteiger partial charge in [0.15, 0.2) is 0 Å². The van der Waals surface area contributed by atoms with Gasteiger partial charge in [0.1, 0.15) is 11.4 Å². The summed E-state index contributed by atoms with van der Waals surface area (Å²) in [6.45, 7) is 4.34. The van der Waals surface area contributed by atoms with E-state index in [1.54, 1.807) is 19.2 Å². The summed E-state index contributed by atoms with van der Waals surface area (Å²) < 4.78 is 10.1. The lowest BCUT2D eigenvalue weighted by atomic mass is 10.2. The van der Waals surface area contributed by atoms with Gasteiger partial charge in [-0.1, -0.05) is 18.2 Å². The summed E-state index contributed by atoms with van der Waals surface area (Å²) in [7, 11) is 2.89. The van der Waals surface area contributed by atoms with E-state index in [0.29, 0.717) is 29.9 Å². The van der Waals surface area contributed by atoms with Crippen molar-refractivity contribution in [2.45, 2.75) is 6.42 Å². The summed E-state index contributed by atoms with van der Waals surface area (Å²) in [4.78, 5) is 32.7. The van der Waals surface area contributed by atoms with Gasteiger partial charge in [-0.2, -0.15) is 0 Å². The van der Waals surface area contributed by atoms with Gasteiger partial charge in [-0.05, 0) is 24.3 Å². The van der Waals surface area contributed by atoms with Crippen LogP contribution in [0.4, 0.5) is 11.4 Å². The number of methoxy groups -OCH3 is 2. The molecule has 1 aliphatic rings. The Morgan fingerprint density at radius 2 is 1.78 bits per heavy atom. The number of carbonyl (C=O) groups excluding carboxylic acids is 2. The van der Waals surface area contributed by atoms with E-state index < -0.39 is 5.97 Å². The van der Waals surface area contributed by atoms with Gasteiger partial charge in [0, 0.05) is 56.3 Å². The summed E-state index contributed by atoms with van der Waals surface area (Å²) in [6.07, 6.45) is 0.342. The van der Waals surface area contributed by atoms with Crippen LogP contribution in [0.5, 0.6) is 5.75 Å². The number of benzene rings is 2. The molecule has 0 saturated carbocycles. The Hall–Kier alpha value is -3.52. The van der Waals surface area contributed by atoms with Crippen LogP contribution in [0.1, 0.15) is 16.9 Å². The van der Waals surface area contributed by atoms with Gasteiger partial charge >= 0.3 is 5.97 Å². The number of hydrogen-bond acceptors (Lipinski definition) is 6. The minimum atomic E-state index is -0.535. The minimum Gasteiger partial charge on any atom is -0.497 e. The van der Waals surface area contributed by atoms with E-state index in [2.05, 4.69) is 44.4 Å². The number of nitrogens with zero attached hydrogens (tertiary/aromatic N) is 2. The molecule has 0 atom stereocenters. The number of ether oxygens (including phenoxy) is 2. The molecule has 1 aromatic heterocycles. The molecule has 1 aliphatic heterocycles. The Balaban J connectivity index is 1.37. The normalized spacial score (nSPS) is 14.4. The maximum Gasteiger partial charge on any atom is 0.356 e. The van der Waals surface area contributed by atoms with E-state index in [4.69, 9.17) is 9.47 Å². The predicted molar refractivity (Wildman–Crippen MR) is 125 cm³/mol. The molecule has 168 valence electrons. The van der Waals surface area contributed by atoms with Crippen LogP contribution < -0.4 is 15.0 Å². The molecule has 0 aliphatic carbocycles. The van der Waals surface area contributed by atoms with Crippen LogP contribution in [0, 0.1) is 0 Å². The molecule has 1 fully saturated rings. The number of aromatic nitrogens is 1. The lowest BCUT2D eigenvalue weighted by molar-refractivity contribution is -0.116. The molecule has 2 aromatic carbocycles. The third-order valence-electron chi connectivity index (χ3n) is 5.81. The Bertz CT molecular complexity index is 1090. The van der Waals surface area contributed by atoms with Gasteiger partial charge in [-0.15, -0.1) is 0 Å². The average Bonchev–Trinajstić information content (AvgIpc) is 3.20. The summed E-state index contributed by atoms with van der Waals surface area (Å²) in [5.41, 5.74) is 2.59. The van der Waals surface area contributed by atoms with Crippen molar-refractivity contribution in [3.05, 3.63) is 54.2 Å². The molecule has 0 unspecified atom stereocenters.